The van der Waals surface area contributed by atoms with Gasteiger partial charge in [-0.25, -0.2) is 9.37 Å². The number of hydrogen-bond donors (Lipinski definition) is 3. The fourth-order valence-electron chi connectivity index (χ4n) is 2.67. The number of carbonyl (C=O) groups excluding carboxylic acids is 2. The van der Waals surface area contributed by atoms with E-state index in [2.05, 4.69) is 15.6 Å². The van der Waals surface area contributed by atoms with E-state index in [0.717, 1.165) is 17.8 Å². The highest BCUT2D eigenvalue weighted by atomic mass is 35.5. The van der Waals surface area contributed by atoms with Crippen LogP contribution in [-0.2, 0) is 0 Å². The summed E-state index contributed by atoms with van der Waals surface area (Å²) in [4.78, 5) is 30.9. The summed E-state index contributed by atoms with van der Waals surface area (Å²) >= 11 is 5.78. The highest BCUT2D eigenvalue weighted by Gasteiger charge is 2.17. The van der Waals surface area contributed by atoms with E-state index in [4.69, 9.17) is 17.0 Å². The van der Waals surface area contributed by atoms with Crippen molar-refractivity contribution in [2.75, 3.05) is 22.6 Å². The summed E-state index contributed by atoms with van der Waals surface area (Å²) < 4.78 is 13.8. The molecule has 2 aromatic carbocycles. The zero-order valence-electron chi connectivity index (χ0n) is 16.7. The molecule has 9 heteroatoms. The van der Waals surface area contributed by atoms with Gasteiger partial charge in [-0.05, 0) is 61.5 Å². The van der Waals surface area contributed by atoms with Crippen LogP contribution in [-0.4, -0.2) is 29.7 Å². The maximum Gasteiger partial charge on any atom is 0.259 e. The molecule has 31 heavy (non-hydrogen) atoms. The molecule has 0 atom stereocenters. The second kappa shape index (κ2) is 9.36. The quantitative estimate of drug-likeness (QED) is 0.392. The van der Waals surface area contributed by atoms with Crippen LogP contribution in [0.3, 0.4) is 0 Å². The van der Waals surface area contributed by atoms with Crippen LogP contribution in [0.15, 0.2) is 60.8 Å². The molecule has 3 aromatic rings. The summed E-state index contributed by atoms with van der Waals surface area (Å²) in [7, 11) is 1.75. The topological polar surface area (TPSA) is 98.2 Å². The van der Waals surface area contributed by atoms with Gasteiger partial charge < -0.3 is 15.5 Å². The van der Waals surface area contributed by atoms with E-state index in [-0.39, 0.29) is 17.1 Å². The second-order valence-electron chi connectivity index (χ2n) is 6.65. The predicted molar refractivity (Wildman–Crippen MR) is 120 cm³/mol. The van der Waals surface area contributed by atoms with Gasteiger partial charge in [-0.3, -0.25) is 15.0 Å². The van der Waals surface area contributed by atoms with E-state index in [9.17, 15) is 14.0 Å². The van der Waals surface area contributed by atoms with Gasteiger partial charge >= 0.3 is 0 Å². The largest absolute Gasteiger partial charge is 0.334 e. The zero-order chi connectivity index (χ0) is 22.5. The average Bonchev–Trinajstić information content (AvgIpc) is 2.76. The van der Waals surface area contributed by atoms with E-state index in [1.165, 1.54) is 18.3 Å². The third-order valence-electron chi connectivity index (χ3n) is 4.46. The summed E-state index contributed by atoms with van der Waals surface area (Å²) in [6.45, 7) is 1.65. The minimum atomic E-state index is -0.636. The van der Waals surface area contributed by atoms with Crippen molar-refractivity contribution in [3.8, 4) is 0 Å². The lowest BCUT2D eigenvalue weighted by atomic mass is 10.1. The number of nitrogens with zero attached hydrogens (tertiary/aromatic N) is 2. The number of halogens is 2. The van der Waals surface area contributed by atoms with Crippen molar-refractivity contribution in [2.24, 2.45) is 0 Å². The van der Waals surface area contributed by atoms with Gasteiger partial charge in [0.15, 0.2) is 0 Å². The Labute approximate surface area is 183 Å². The Morgan fingerprint density at radius 3 is 2.35 bits per heavy atom. The molecule has 0 aliphatic carbocycles. The van der Waals surface area contributed by atoms with Gasteiger partial charge in [-0.15, -0.1) is 0 Å². The molecule has 0 radical (unpaired) electrons. The normalized spacial score (nSPS) is 10.3. The van der Waals surface area contributed by atoms with Crippen molar-refractivity contribution < 1.29 is 14.0 Å². The predicted octanol–water partition coefficient (Wildman–Crippen LogP) is 4.81. The lowest BCUT2D eigenvalue weighted by Gasteiger charge is -2.17. The minimum Gasteiger partial charge on any atom is -0.334 e. The molecule has 0 saturated heterocycles. The average molecular weight is 440 g/mol. The molecule has 158 valence electrons. The van der Waals surface area contributed by atoms with Crippen molar-refractivity contribution in [3.05, 3.63) is 82.8 Å². The monoisotopic (exact) mass is 439 g/mol. The first-order valence-electron chi connectivity index (χ1n) is 9.17. The molecule has 0 aliphatic rings. The van der Waals surface area contributed by atoms with Crippen molar-refractivity contribution >= 4 is 46.4 Å². The third kappa shape index (κ3) is 5.43. The van der Waals surface area contributed by atoms with Crippen molar-refractivity contribution in [2.45, 2.75) is 6.92 Å². The summed E-state index contributed by atoms with van der Waals surface area (Å²) in [5.74, 6) is -1.14. The van der Waals surface area contributed by atoms with Gasteiger partial charge in [0.25, 0.3) is 11.8 Å². The van der Waals surface area contributed by atoms with Crippen LogP contribution in [0.1, 0.15) is 27.6 Å². The second-order valence-corrected chi connectivity index (χ2v) is 7.09. The van der Waals surface area contributed by atoms with Crippen LogP contribution in [0.5, 0.6) is 0 Å². The van der Waals surface area contributed by atoms with E-state index in [1.807, 2.05) is 0 Å². The molecule has 1 aromatic heterocycles. The molecular formula is C22H19ClFN5O2. The Kier molecular flexibility index (Phi) is 6.61. The molecule has 0 saturated carbocycles. The van der Waals surface area contributed by atoms with Crippen molar-refractivity contribution in [1.29, 1.82) is 5.41 Å². The van der Waals surface area contributed by atoms with E-state index in [0.29, 0.717) is 16.4 Å². The lowest BCUT2D eigenvalue weighted by Crippen LogP contribution is -2.22. The summed E-state index contributed by atoms with van der Waals surface area (Å²) in [5, 5.41) is 13.3. The first-order valence-corrected chi connectivity index (χ1v) is 9.55. The number of amidine groups is 1. The molecule has 3 rings (SSSR count). The molecule has 0 fully saturated rings. The number of hydrogen-bond acceptors (Lipinski definition) is 4. The Hall–Kier alpha value is -3.78. The Morgan fingerprint density at radius 2 is 1.74 bits per heavy atom. The van der Waals surface area contributed by atoms with Gasteiger partial charge in [0.2, 0.25) is 0 Å². The minimum absolute atomic E-state index is 0.0547. The van der Waals surface area contributed by atoms with Gasteiger partial charge in [-0.1, -0.05) is 11.6 Å². The molecule has 0 aliphatic heterocycles. The van der Waals surface area contributed by atoms with Gasteiger partial charge in [0, 0.05) is 24.5 Å². The standard InChI is InChI=1S/C22H19ClFN5O2/c1-13(25)29(2)17-7-3-14(4-8-17)21(30)27-19-9-6-16(24)11-18(19)22(31)28-20-10-5-15(23)12-26-20/h3-12,25H,1-2H3,(H,27,30)(H,26,28,31). The number of benzene rings is 2. The van der Waals surface area contributed by atoms with E-state index >= 15 is 0 Å². The Bertz CT molecular complexity index is 1130. The lowest BCUT2D eigenvalue weighted by molar-refractivity contribution is 0.102. The third-order valence-corrected chi connectivity index (χ3v) is 4.69. The van der Waals surface area contributed by atoms with Crippen LogP contribution < -0.4 is 15.5 Å². The molecule has 7 nitrogen and oxygen atoms in total. The summed E-state index contributed by atoms with van der Waals surface area (Å²) in [6, 6.07) is 13.2. The highest BCUT2D eigenvalue weighted by molar-refractivity contribution is 6.30. The van der Waals surface area contributed by atoms with Gasteiger partial charge in [0.05, 0.1) is 22.1 Å². The van der Waals surface area contributed by atoms with Crippen LogP contribution >= 0.6 is 11.6 Å². The highest BCUT2D eigenvalue weighted by Crippen LogP contribution is 2.21. The molecule has 0 spiro atoms. The fourth-order valence-corrected chi connectivity index (χ4v) is 2.78. The number of nitrogens with one attached hydrogen (secondary N) is 3. The number of aromatic nitrogens is 1. The van der Waals surface area contributed by atoms with Crippen LogP contribution in [0.25, 0.3) is 0 Å². The van der Waals surface area contributed by atoms with E-state index in [1.54, 1.807) is 49.2 Å². The maximum absolute atomic E-state index is 13.8. The molecular weight excluding hydrogens is 421 g/mol. The van der Waals surface area contributed by atoms with Crippen LogP contribution in [0.2, 0.25) is 5.02 Å². The van der Waals surface area contributed by atoms with E-state index < -0.39 is 17.6 Å². The molecule has 0 bridgehead atoms. The summed E-state index contributed by atoms with van der Waals surface area (Å²) in [5.41, 5.74) is 1.19. The number of amides is 2. The van der Waals surface area contributed by atoms with Crippen molar-refractivity contribution in [3.63, 3.8) is 0 Å². The smallest absolute Gasteiger partial charge is 0.259 e. The number of carbonyl (C=O) groups is 2. The van der Waals surface area contributed by atoms with Gasteiger partial charge in [0.1, 0.15) is 11.6 Å². The first kappa shape index (κ1) is 21.9. The molecule has 0 unspecified atom stereocenters. The maximum atomic E-state index is 13.8. The molecule has 3 N–H and O–H groups in total. The van der Waals surface area contributed by atoms with Gasteiger partial charge in [-0.2, -0.15) is 0 Å². The van der Waals surface area contributed by atoms with Crippen LogP contribution in [0, 0.1) is 11.2 Å². The van der Waals surface area contributed by atoms with Crippen molar-refractivity contribution in [1.82, 2.24) is 4.98 Å². The number of pyridine rings is 1. The fraction of sp³-hybridized carbons (Fsp3) is 0.0909. The SMILES string of the molecule is CC(=N)N(C)c1ccc(C(=O)Nc2ccc(F)cc2C(=O)Nc2ccc(Cl)cn2)cc1. The first-order chi connectivity index (χ1) is 14.7. The van der Waals surface area contributed by atoms with Crippen LogP contribution in [0.4, 0.5) is 21.6 Å². The summed E-state index contributed by atoms with van der Waals surface area (Å²) in [6.07, 6.45) is 1.37. The number of anilines is 3. The molecule has 2 amide bonds. The molecule has 1 heterocycles. The Balaban J connectivity index is 1.80. The Morgan fingerprint density at radius 1 is 1.03 bits per heavy atom. The zero-order valence-corrected chi connectivity index (χ0v) is 17.5. The number of rotatable bonds is 5.